The summed E-state index contributed by atoms with van der Waals surface area (Å²) in [5, 5.41) is 14.7. The molecule has 2 N–H and O–H groups in total. The molecule has 3 aromatic carbocycles. The van der Waals surface area contributed by atoms with Crippen molar-refractivity contribution in [1.29, 1.82) is 0 Å². The molecule has 0 saturated heterocycles. The highest BCUT2D eigenvalue weighted by Crippen LogP contribution is 2.27. The molecule has 0 aliphatic rings. The van der Waals surface area contributed by atoms with Gasteiger partial charge in [0.1, 0.15) is 0 Å². The van der Waals surface area contributed by atoms with Gasteiger partial charge in [-0.15, -0.1) is 0 Å². The van der Waals surface area contributed by atoms with Gasteiger partial charge in [-0.1, -0.05) is 66.7 Å². The highest BCUT2D eigenvalue weighted by Gasteiger charge is 2.19. The zero-order chi connectivity index (χ0) is 14.7. The van der Waals surface area contributed by atoms with Crippen LogP contribution in [0.3, 0.4) is 0 Å². The van der Waals surface area contributed by atoms with E-state index in [-0.39, 0.29) is 0 Å². The maximum atomic E-state index is 11.6. The lowest BCUT2D eigenvalue weighted by Crippen LogP contribution is -2.20. The van der Waals surface area contributed by atoms with Crippen molar-refractivity contribution in [3.05, 3.63) is 78.4 Å². The molecule has 0 heterocycles. The first-order valence-electron chi connectivity index (χ1n) is 6.78. The normalized spacial score (nSPS) is 12.0. The molecule has 21 heavy (non-hydrogen) atoms. The van der Waals surface area contributed by atoms with Crippen molar-refractivity contribution in [2.75, 3.05) is 5.32 Å². The van der Waals surface area contributed by atoms with Crippen molar-refractivity contribution in [1.82, 2.24) is 0 Å². The van der Waals surface area contributed by atoms with Crippen LogP contribution in [0.25, 0.3) is 10.8 Å². The van der Waals surface area contributed by atoms with E-state index in [0.29, 0.717) is 0 Å². The Balaban J connectivity index is 2.01. The van der Waals surface area contributed by atoms with Gasteiger partial charge in [0.05, 0.1) is 0 Å². The zero-order valence-electron chi connectivity index (χ0n) is 11.4. The standard InChI is InChI=1S/C18H15NO2/c20-18(21)17(14-8-2-1-3-9-14)19-16-12-6-10-13-7-4-5-11-15(13)16/h1-12,17,19H,(H,20,21)/t17-/m0/s1. The Labute approximate surface area is 122 Å². The number of fused-ring (bicyclic) bond motifs is 1. The van der Waals surface area contributed by atoms with E-state index in [4.69, 9.17) is 0 Å². The van der Waals surface area contributed by atoms with Crippen LogP contribution in [0.4, 0.5) is 5.69 Å². The second kappa shape index (κ2) is 5.67. The first-order valence-corrected chi connectivity index (χ1v) is 6.78. The highest BCUT2D eigenvalue weighted by molar-refractivity contribution is 5.95. The van der Waals surface area contributed by atoms with Crippen LogP contribution in [0.5, 0.6) is 0 Å². The Kier molecular flexibility index (Phi) is 3.56. The van der Waals surface area contributed by atoms with Crippen LogP contribution < -0.4 is 5.32 Å². The lowest BCUT2D eigenvalue weighted by Gasteiger charge is -2.17. The van der Waals surface area contributed by atoms with E-state index in [0.717, 1.165) is 22.0 Å². The molecule has 0 saturated carbocycles. The fourth-order valence-corrected chi connectivity index (χ4v) is 2.44. The Morgan fingerprint density at radius 1 is 0.857 bits per heavy atom. The zero-order valence-corrected chi connectivity index (χ0v) is 11.4. The van der Waals surface area contributed by atoms with Gasteiger partial charge in [-0.05, 0) is 17.0 Å². The molecule has 0 aliphatic heterocycles. The van der Waals surface area contributed by atoms with Crippen molar-refractivity contribution < 1.29 is 9.90 Å². The van der Waals surface area contributed by atoms with Crippen molar-refractivity contribution in [2.45, 2.75) is 6.04 Å². The third-order valence-electron chi connectivity index (χ3n) is 3.47. The molecule has 3 nitrogen and oxygen atoms in total. The van der Waals surface area contributed by atoms with Crippen LogP contribution in [-0.2, 0) is 4.79 Å². The van der Waals surface area contributed by atoms with Gasteiger partial charge in [-0.2, -0.15) is 0 Å². The van der Waals surface area contributed by atoms with E-state index in [9.17, 15) is 9.90 Å². The predicted molar refractivity (Wildman–Crippen MR) is 84.4 cm³/mol. The SMILES string of the molecule is O=C(O)[C@@H](Nc1cccc2ccccc12)c1ccccc1. The molecular weight excluding hydrogens is 262 g/mol. The summed E-state index contributed by atoms with van der Waals surface area (Å²) in [5.74, 6) is -0.894. The van der Waals surface area contributed by atoms with Crippen LogP contribution in [-0.4, -0.2) is 11.1 Å². The largest absolute Gasteiger partial charge is 0.479 e. The Morgan fingerprint density at radius 2 is 1.52 bits per heavy atom. The van der Waals surface area contributed by atoms with E-state index < -0.39 is 12.0 Å². The third-order valence-corrected chi connectivity index (χ3v) is 3.47. The lowest BCUT2D eigenvalue weighted by molar-refractivity contribution is -0.138. The van der Waals surface area contributed by atoms with Gasteiger partial charge in [0.25, 0.3) is 0 Å². The number of hydrogen-bond acceptors (Lipinski definition) is 2. The summed E-state index contributed by atoms with van der Waals surface area (Å²) in [6, 6.07) is 22.2. The first-order chi connectivity index (χ1) is 10.3. The average molecular weight is 277 g/mol. The number of aliphatic carboxylic acids is 1. The minimum atomic E-state index is -0.894. The summed E-state index contributed by atoms with van der Waals surface area (Å²) < 4.78 is 0. The number of rotatable bonds is 4. The number of nitrogens with one attached hydrogen (secondary N) is 1. The second-order valence-electron chi connectivity index (χ2n) is 4.85. The Morgan fingerprint density at radius 3 is 2.29 bits per heavy atom. The Bertz CT molecular complexity index is 763. The summed E-state index contributed by atoms with van der Waals surface area (Å²) in [4.78, 5) is 11.6. The molecule has 0 fully saturated rings. The topological polar surface area (TPSA) is 49.3 Å². The molecular formula is C18H15NO2. The molecule has 3 rings (SSSR count). The predicted octanol–water partition coefficient (Wildman–Crippen LogP) is 4.08. The summed E-state index contributed by atoms with van der Waals surface area (Å²) in [6.45, 7) is 0. The fourth-order valence-electron chi connectivity index (χ4n) is 2.44. The molecule has 0 amide bonds. The number of anilines is 1. The summed E-state index contributed by atoms with van der Waals surface area (Å²) in [7, 11) is 0. The molecule has 3 heteroatoms. The molecule has 3 aromatic rings. The number of carboxylic acids is 1. The number of carboxylic acid groups (broad SMARTS) is 1. The number of hydrogen-bond donors (Lipinski definition) is 2. The summed E-state index contributed by atoms with van der Waals surface area (Å²) >= 11 is 0. The van der Waals surface area contributed by atoms with Crippen molar-refractivity contribution in [2.24, 2.45) is 0 Å². The van der Waals surface area contributed by atoms with E-state index >= 15 is 0 Å². The highest BCUT2D eigenvalue weighted by atomic mass is 16.4. The molecule has 0 unspecified atom stereocenters. The fraction of sp³-hybridized carbons (Fsp3) is 0.0556. The molecule has 104 valence electrons. The molecule has 0 spiro atoms. The van der Waals surface area contributed by atoms with Gasteiger partial charge in [0, 0.05) is 11.1 Å². The van der Waals surface area contributed by atoms with Gasteiger partial charge in [-0.3, -0.25) is 0 Å². The smallest absolute Gasteiger partial charge is 0.330 e. The van der Waals surface area contributed by atoms with Crippen LogP contribution >= 0.6 is 0 Å². The minimum absolute atomic E-state index is 0.734. The molecule has 0 radical (unpaired) electrons. The summed E-state index contributed by atoms with van der Waals surface area (Å²) in [6.07, 6.45) is 0. The maximum Gasteiger partial charge on any atom is 0.330 e. The van der Waals surface area contributed by atoms with Crippen LogP contribution in [0, 0.1) is 0 Å². The van der Waals surface area contributed by atoms with Crippen LogP contribution in [0.2, 0.25) is 0 Å². The molecule has 0 aromatic heterocycles. The van der Waals surface area contributed by atoms with Gasteiger partial charge in [-0.25, -0.2) is 4.79 Å². The van der Waals surface area contributed by atoms with Crippen LogP contribution in [0.1, 0.15) is 11.6 Å². The van der Waals surface area contributed by atoms with Crippen molar-refractivity contribution >= 4 is 22.4 Å². The second-order valence-corrected chi connectivity index (χ2v) is 4.85. The maximum absolute atomic E-state index is 11.6. The first kappa shape index (κ1) is 13.2. The van der Waals surface area contributed by atoms with Gasteiger partial charge < -0.3 is 10.4 Å². The monoisotopic (exact) mass is 277 g/mol. The number of benzene rings is 3. The average Bonchev–Trinajstić information content (AvgIpc) is 2.53. The van der Waals surface area contributed by atoms with E-state index in [2.05, 4.69) is 5.32 Å². The van der Waals surface area contributed by atoms with Crippen LogP contribution in [0.15, 0.2) is 72.8 Å². The van der Waals surface area contributed by atoms with E-state index in [1.54, 1.807) is 0 Å². The van der Waals surface area contributed by atoms with Gasteiger partial charge in [0.15, 0.2) is 6.04 Å². The Hall–Kier alpha value is -2.81. The molecule has 1 atom stereocenters. The van der Waals surface area contributed by atoms with Gasteiger partial charge in [0.2, 0.25) is 0 Å². The quantitative estimate of drug-likeness (QED) is 0.755. The van der Waals surface area contributed by atoms with Gasteiger partial charge >= 0.3 is 5.97 Å². The van der Waals surface area contributed by atoms with Crippen molar-refractivity contribution in [3.63, 3.8) is 0 Å². The van der Waals surface area contributed by atoms with E-state index in [1.807, 2.05) is 72.8 Å². The van der Waals surface area contributed by atoms with Crippen molar-refractivity contribution in [3.8, 4) is 0 Å². The molecule has 0 bridgehead atoms. The third kappa shape index (κ3) is 2.72. The number of carbonyl (C=O) groups is 1. The van der Waals surface area contributed by atoms with E-state index in [1.165, 1.54) is 0 Å². The minimum Gasteiger partial charge on any atom is -0.479 e. The lowest BCUT2D eigenvalue weighted by atomic mass is 10.0. The summed E-state index contributed by atoms with van der Waals surface area (Å²) in [5.41, 5.74) is 1.56. The molecule has 0 aliphatic carbocycles.